The summed E-state index contributed by atoms with van der Waals surface area (Å²) in [5.41, 5.74) is 1.96. The summed E-state index contributed by atoms with van der Waals surface area (Å²) in [5.74, 6) is -0.210. The number of hydrogen-bond donors (Lipinski definition) is 1. The third-order valence-electron chi connectivity index (χ3n) is 2.36. The second-order valence-corrected chi connectivity index (χ2v) is 4.57. The van der Waals surface area contributed by atoms with Gasteiger partial charge in [-0.05, 0) is 47.0 Å². The number of benzene rings is 1. The largest absolute Gasteiger partial charge is 0.385 e. The Morgan fingerprint density at radius 2 is 2.07 bits per heavy atom. The number of anilines is 1. The van der Waals surface area contributed by atoms with Crippen molar-refractivity contribution in [3.8, 4) is 0 Å². The molecule has 0 spiro atoms. The van der Waals surface area contributed by atoms with Gasteiger partial charge in [0.05, 0.1) is 4.47 Å². The first kappa shape index (κ1) is 12.5. The lowest BCUT2D eigenvalue weighted by atomic mass is 10.2. The zero-order valence-corrected chi connectivity index (χ0v) is 10.8. The lowest BCUT2D eigenvalue weighted by Gasteiger charge is -2.10. The molecule has 3 heteroatoms. The van der Waals surface area contributed by atoms with Crippen LogP contribution in [0, 0.1) is 12.7 Å². The molecule has 0 heterocycles. The van der Waals surface area contributed by atoms with E-state index in [1.807, 2.05) is 6.92 Å². The molecule has 0 unspecified atom stereocenters. The van der Waals surface area contributed by atoms with Crippen molar-refractivity contribution in [1.82, 2.24) is 0 Å². The number of rotatable bonds is 5. The van der Waals surface area contributed by atoms with Gasteiger partial charge in [0, 0.05) is 12.2 Å². The summed E-state index contributed by atoms with van der Waals surface area (Å²) >= 11 is 3.17. The summed E-state index contributed by atoms with van der Waals surface area (Å²) in [4.78, 5) is 0. The quantitative estimate of drug-likeness (QED) is 0.779. The van der Waals surface area contributed by atoms with Gasteiger partial charge in [-0.2, -0.15) is 0 Å². The fourth-order valence-electron chi connectivity index (χ4n) is 1.43. The van der Waals surface area contributed by atoms with Crippen molar-refractivity contribution in [2.45, 2.75) is 33.1 Å². The zero-order valence-electron chi connectivity index (χ0n) is 9.24. The highest BCUT2D eigenvalue weighted by molar-refractivity contribution is 9.10. The van der Waals surface area contributed by atoms with E-state index in [0.717, 1.165) is 24.2 Å². The van der Waals surface area contributed by atoms with Crippen LogP contribution in [0.4, 0.5) is 10.1 Å². The molecule has 1 N–H and O–H groups in total. The second kappa shape index (κ2) is 6.11. The van der Waals surface area contributed by atoms with E-state index in [-0.39, 0.29) is 5.82 Å². The molecule has 1 nitrogen and oxygen atoms in total. The Kier molecular flexibility index (Phi) is 5.09. The van der Waals surface area contributed by atoms with Crippen LogP contribution in [-0.2, 0) is 0 Å². The van der Waals surface area contributed by atoms with Crippen LogP contribution in [0.2, 0.25) is 0 Å². The molecule has 0 bridgehead atoms. The summed E-state index contributed by atoms with van der Waals surface area (Å²) in [6, 6.07) is 3.35. The van der Waals surface area contributed by atoms with Gasteiger partial charge in [0.15, 0.2) is 0 Å². The van der Waals surface area contributed by atoms with E-state index >= 15 is 0 Å². The van der Waals surface area contributed by atoms with Gasteiger partial charge in [0.2, 0.25) is 0 Å². The molecular formula is C12H17BrFN. The molecule has 0 aliphatic carbocycles. The molecule has 0 aromatic heterocycles. The van der Waals surface area contributed by atoms with Gasteiger partial charge in [0.25, 0.3) is 0 Å². The first-order valence-corrected chi connectivity index (χ1v) is 6.14. The molecule has 0 saturated carbocycles. The smallest absolute Gasteiger partial charge is 0.139 e. The van der Waals surface area contributed by atoms with Gasteiger partial charge in [0.1, 0.15) is 5.82 Å². The van der Waals surface area contributed by atoms with E-state index in [2.05, 4.69) is 28.2 Å². The summed E-state index contributed by atoms with van der Waals surface area (Å²) in [6.07, 6.45) is 3.55. The number of halogens is 2. The third-order valence-corrected chi connectivity index (χ3v) is 2.97. The van der Waals surface area contributed by atoms with E-state index in [1.165, 1.54) is 12.8 Å². The molecule has 1 aromatic rings. The summed E-state index contributed by atoms with van der Waals surface area (Å²) < 4.78 is 13.8. The molecule has 84 valence electrons. The molecular weight excluding hydrogens is 257 g/mol. The molecule has 0 aliphatic rings. The van der Waals surface area contributed by atoms with Crippen molar-refractivity contribution in [3.05, 3.63) is 28.0 Å². The Morgan fingerprint density at radius 1 is 1.33 bits per heavy atom. The van der Waals surface area contributed by atoms with E-state index in [4.69, 9.17) is 0 Å². The average molecular weight is 274 g/mol. The van der Waals surface area contributed by atoms with E-state index in [1.54, 1.807) is 12.1 Å². The summed E-state index contributed by atoms with van der Waals surface area (Å²) in [6.45, 7) is 5.06. The highest BCUT2D eigenvalue weighted by Gasteiger charge is 2.04. The van der Waals surface area contributed by atoms with Gasteiger partial charge in [-0.1, -0.05) is 19.8 Å². The Hall–Kier alpha value is -0.570. The van der Waals surface area contributed by atoms with E-state index in [9.17, 15) is 4.39 Å². The van der Waals surface area contributed by atoms with Crippen LogP contribution in [-0.4, -0.2) is 6.54 Å². The maximum atomic E-state index is 13.2. The predicted molar refractivity (Wildman–Crippen MR) is 66.9 cm³/mol. The molecule has 0 atom stereocenters. The first-order chi connectivity index (χ1) is 7.15. The Labute approximate surface area is 99.2 Å². The van der Waals surface area contributed by atoms with Crippen molar-refractivity contribution in [1.29, 1.82) is 0 Å². The standard InChI is InChI=1S/C12H17BrFN/c1-3-4-5-6-15-12-8-11(14)10(13)7-9(12)2/h7-8,15H,3-6H2,1-2H3. The number of aryl methyl sites for hydroxylation is 1. The van der Waals surface area contributed by atoms with Gasteiger partial charge < -0.3 is 5.32 Å². The van der Waals surface area contributed by atoms with Gasteiger partial charge in [-0.25, -0.2) is 4.39 Å². The second-order valence-electron chi connectivity index (χ2n) is 3.72. The van der Waals surface area contributed by atoms with Crippen LogP contribution in [0.3, 0.4) is 0 Å². The van der Waals surface area contributed by atoms with Crippen molar-refractivity contribution in [2.75, 3.05) is 11.9 Å². The van der Waals surface area contributed by atoms with Gasteiger partial charge in [-0.15, -0.1) is 0 Å². The first-order valence-electron chi connectivity index (χ1n) is 5.34. The van der Waals surface area contributed by atoms with Crippen molar-refractivity contribution < 1.29 is 4.39 Å². The Morgan fingerprint density at radius 3 is 2.73 bits per heavy atom. The Bertz CT molecular complexity index is 326. The SMILES string of the molecule is CCCCCNc1cc(F)c(Br)cc1C. The minimum Gasteiger partial charge on any atom is -0.385 e. The predicted octanol–water partition coefficient (Wildman–Crippen LogP) is 4.50. The number of nitrogens with one attached hydrogen (secondary N) is 1. The summed E-state index contributed by atoms with van der Waals surface area (Å²) in [5, 5.41) is 3.25. The van der Waals surface area contributed by atoms with Crippen LogP contribution in [0.15, 0.2) is 16.6 Å². The van der Waals surface area contributed by atoms with E-state index in [0.29, 0.717) is 4.47 Å². The topological polar surface area (TPSA) is 12.0 Å². The van der Waals surface area contributed by atoms with Gasteiger partial charge in [-0.3, -0.25) is 0 Å². The van der Waals surface area contributed by atoms with Crippen LogP contribution in [0.1, 0.15) is 31.7 Å². The monoisotopic (exact) mass is 273 g/mol. The Balaban J connectivity index is 2.57. The van der Waals surface area contributed by atoms with Crippen LogP contribution in [0.25, 0.3) is 0 Å². The van der Waals surface area contributed by atoms with Crippen molar-refractivity contribution in [3.63, 3.8) is 0 Å². The van der Waals surface area contributed by atoms with Crippen LogP contribution < -0.4 is 5.32 Å². The van der Waals surface area contributed by atoms with Gasteiger partial charge >= 0.3 is 0 Å². The minimum atomic E-state index is -0.210. The summed E-state index contributed by atoms with van der Waals surface area (Å²) in [7, 11) is 0. The molecule has 1 aromatic carbocycles. The normalized spacial score (nSPS) is 10.4. The maximum Gasteiger partial charge on any atom is 0.139 e. The van der Waals surface area contributed by atoms with Crippen LogP contribution >= 0.6 is 15.9 Å². The number of hydrogen-bond acceptors (Lipinski definition) is 1. The van der Waals surface area contributed by atoms with E-state index < -0.39 is 0 Å². The molecule has 0 saturated heterocycles. The average Bonchev–Trinajstić information content (AvgIpc) is 2.20. The lowest BCUT2D eigenvalue weighted by Crippen LogP contribution is -2.03. The molecule has 0 amide bonds. The maximum absolute atomic E-state index is 13.2. The third kappa shape index (κ3) is 3.82. The van der Waals surface area contributed by atoms with Crippen molar-refractivity contribution >= 4 is 21.6 Å². The molecule has 0 radical (unpaired) electrons. The highest BCUT2D eigenvalue weighted by atomic mass is 79.9. The fraction of sp³-hybridized carbons (Fsp3) is 0.500. The zero-order chi connectivity index (χ0) is 11.3. The molecule has 0 fully saturated rings. The molecule has 15 heavy (non-hydrogen) atoms. The molecule has 0 aliphatic heterocycles. The highest BCUT2D eigenvalue weighted by Crippen LogP contribution is 2.23. The van der Waals surface area contributed by atoms with Crippen LogP contribution in [0.5, 0.6) is 0 Å². The minimum absolute atomic E-state index is 0.210. The fourth-order valence-corrected chi connectivity index (χ4v) is 1.89. The number of unbranched alkanes of at least 4 members (excludes halogenated alkanes) is 2. The molecule has 1 rings (SSSR count). The van der Waals surface area contributed by atoms with Crippen molar-refractivity contribution in [2.24, 2.45) is 0 Å². The lowest BCUT2D eigenvalue weighted by molar-refractivity contribution is 0.621.